The lowest BCUT2D eigenvalue weighted by atomic mass is 10.1. The van der Waals surface area contributed by atoms with E-state index in [0.717, 1.165) is 32.9 Å². The van der Waals surface area contributed by atoms with Gasteiger partial charge >= 0.3 is 0 Å². The van der Waals surface area contributed by atoms with Crippen molar-refractivity contribution in [2.45, 2.75) is 20.3 Å². The SMILES string of the molecule is Cc1cn(C)nc1-c1cccc(C(=O)N2CCc3cc(C(=O)Nc4c(C)cccc4F)sc3-c3ccccc32)n1. The predicted octanol–water partition coefficient (Wildman–Crippen LogP) is 6.42. The van der Waals surface area contributed by atoms with Crippen molar-refractivity contribution in [2.75, 3.05) is 16.8 Å². The Labute approximate surface area is 234 Å². The number of hydrogen-bond donors (Lipinski definition) is 1. The Bertz CT molecular complexity index is 1770. The first-order chi connectivity index (χ1) is 19.3. The van der Waals surface area contributed by atoms with Crippen LogP contribution in [0.2, 0.25) is 0 Å². The van der Waals surface area contributed by atoms with Gasteiger partial charge in [0.15, 0.2) is 0 Å². The Hall–Kier alpha value is -4.63. The number of nitrogens with zero attached hydrogens (tertiary/aromatic N) is 4. The van der Waals surface area contributed by atoms with Crippen molar-refractivity contribution in [3.8, 4) is 21.8 Å². The van der Waals surface area contributed by atoms with Crippen molar-refractivity contribution in [1.29, 1.82) is 0 Å². The highest BCUT2D eigenvalue weighted by Crippen LogP contribution is 2.42. The molecular weight excluding hydrogens is 525 g/mol. The standard InChI is InChI=1S/C31H26FN5O2S/c1-18-8-6-10-22(32)27(18)34-30(38)26-16-20-14-15-37(25-13-5-4-9-21(25)29(20)40-26)31(39)24-12-7-11-23(33-24)28-19(2)17-36(3)35-28/h4-13,16-17H,14-15H2,1-3H3,(H,34,38). The van der Waals surface area contributed by atoms with Crippen molar-refractivity contribution in [1.82, 2.24) is 14.8 Å². The number of nitrogens with one attached hydrogen (secondary N) is 1. The summed E-state index contributed by atoms with van der Waals surface area (Å²) < 4.78 is 16.1. The number of hydrogen-bond acceptors (Lipinski definition) is 5. The van der Waals surface area contributed by atoms with Crippen LogP contribution in [-0.4, -0.2) is 33.1 Å². The summed E-state index contributed by atoms with van der Waals surface area (Å²) in [6.45, 7) is 4.14. The summed E-state index contributed by atoms with van der Waals surface area (Å²) in [6, 6.07) is 19.6. The van der Waals surface area contributed by atoms with Gasteiger partial charge in [-0.15, -0.1) is 11.3 Å². The molecule has 0 spiro atoms. The fourth-order valence-electron chi connectivity index (χ4n) is 5.07. The summed E-state index contributed by atoms with van der Waals surface area (Å²) in [5.41, 5.74) is 6.13. The van der Waals surface area contributed by atoms with Crippen LogP contribution in [0.3, 0.4) is 0 Å². The van der Waals surface area contributed by atoms with Crippen LogP contribution in [0.5, 0.6) is 0 Å². The molecule has 0 atom stereocenters. The Morgan fingerprint density at radius 3 is 2.58 bits per heavy atom. The second-order valence-corrected chi connectivity index (χ2v) is 10.9. The predicted molar refractivity (Wildman–Crippen MR) is 155 cm³/mol. The van der Waals surface area contributed by atoms with Crippen LogP contribution in [0.4, 0.5) is 15.8 Å². The first-order valence-corrected chi connectivity index (χ1v) is 13.7. The normalized spacial score (nSPS) is 12.4. The number of rotatable bonds is 4. The Morgan fingerprint density at radius 1 is 1.00 bits per heavy atom. The number of halogens is 1. The molecule has 200 valence electrons. The fraction of sp³-hybridized carbons (Fsp3) is 0.161. The fourth-order valence-corrected chi connectivity index (χ4v) is 6.21. The van der Waals surface area contributed by atoms with E-state index < -0.39 is 5.82 Å². The molecule has 5 aromatic rings. The lowest BCUT2D eigenvalue weighted by molar-refractivity contribution is 0.0981. The lowest BCUT2D eigenvalue weighted by Gasteiger charge is -2.22. The molecule has 0 bridgehead atoms. The summed E-state index contributed by atoms with van der Waals surface area (Å²) in [6.07, 6.45) is 2.47. The molecule has 1 aliphatic rings. The third kappa shape index (κ3) is 4.58. The van der Waals surface area contributed by atoms with Gasteiger partial charge in [0.1, 0.15) is 17.2 Å². The highest BCUT2D eigenvalue weighted by molar-refractivity contribution is 7.17. The molecule has 6 rings (SSSR count). The first kappa shape index (κ1) is 25.6. The highest BCUT2D eigenvalue weighted by atomic mass is 32.1. The molecular formula is C31H26FN5O2S. The Morgan fingerprint density at radius 2 is 1.80 bits per heavy atom. The van der Waals surface area contributed by atoms with E-state index in [1.807, 2.05) is 62.6 Å². The number of fused-ring (bicyclic) bond motifs is 3. The van der Waals surface area contributed by atoms with Crippen molar-refractivity contribution in [3.63, 3.8) is 0 Å². The summed E-state index contributed by atoms with van der Waals surface area (Å²) in [7, 11) is 1.86. The molecule has 0 fully saturated rings. The number of carbonyl (C=O) groups is 2. The zero-order chi connectivity index (χ0) is 28.0. The van der Waals surface area contributed by atoms with Crippen LogP contribution < -0.4 is 10.2 Å². The molecule has 0 unspecified atom stereocenters. The van der Waals surface area contributed by atoms with Crippen LogP contribution in [-0.2, 0) is 13.5 Å². The number of para-hydroxylation sites is 2. The Balaban J connectivity index is 1.32. The van der Waals surface area contributed by atoms with Gasteiger partial charge in [-0.05, 0) is 67.3 Å². The average Bonchev–Trinajstić information content (AvgIpc) is 3.49. The van der Waals surface area contributed by atoms with Crippen molar-refractivity contribution in [2.24, 2.45) is 7.05 Å². The second-order valence-electron chi connectivity index (χ2n) is 9.82. The third-order valence-corrected chi connectivity index (χ3v) is 8.21. The zero-order valence-electron chi connectivity index (χ0n) is 22.2. The quantitative estimate of drug-likeness (QED) is 0.280. The van der Waals surface area contributed by atoms with Crippen LogP contribution in [0.15, 0.2) is 72.9 Å². The smallest absolute Gasteiger partial charge is 0.276 e. The minimum absolute atomic E-state index is 0.184. The van der Waals surface area contributed by atoms with E-state index in [1.54, 1.807) is 34.7 Å². The molecule has 3 aromatic heterocycles. The van der Waals surface area contributed by atoms with E-state index >= 15 is 0 Å². The van der Waals surface area contributed by atoms with E-state index in [9.17, 15) is 14.0 Å². The maximum absolute atomic E-state index is 14.3. The summed E-state index contributed by atoms with van der Waals surface area (Å²) >= 11 is 1.34. The number of pyridine rings is 1. The molecule has 2 amide bonds. The van der Waals surface area contributed by atoms with Gasteiger partial charge in [0.25, 0.3) is 11.8 Å². The first-order valence-electron chi connectivity index (χ1n) is 12.9. The van der Waals surface area contributed by atoms with Crippen molar-refractivity contribution < 1.29 is 14.0 Å². The minimum atomic E-state index is -0.471. The second kappa shape index (κ2) is 10.2. The van der Waals surface area contributed by atoms with Gasteiger partial charge in [0, 0.05) is 30.2 Å². The van der Waals surface area contributed by atoms with Crippen LogP contribution in [0.25, 0.3) is 21.8 Å². The summed E-state index contributed by atoms with van der Waals surface area (Å²) in [5, 5.41) is 7.23. The largest absolute Gasteiger partial charge is 0.319 e. The van der Waals surface area contributed by atoms with Gasteiger partial charge in [-0.25, -0.2) is 9.37 Å². The van der Waals surface area contributed by atoms with E-state index in [-0.39, 0.29) is 17.5 Å². The Kier molecular flexibility index (Phi) is 6.51. The van der Waals surface area contributed by atoms with Gasteiger partial charge in [0.05, 0.1) is 21.9 Å². The summed E-state index contributed by atoms with van der Waals surface area (Å²) in [4.78, 5) is 34.8. The van der Waals surface area contributed by atoms with Crippen LogP contribution >= 0.6 is 11.3 Å². The topological polar surface area (TPSA) is 80.1 Å². The molecule has 0 saturated heterocycles. The van der Waals surface area contributed by atoms with E-state index in [0.29, 0.717) is 34.8 Å². The zero-order valence-corrected chi connectivity index (χ0v) is 23.1. The molecule has 2 aromatic carbocycles. The van der Waals surface area contributed by atoms with E-state index in [4.69, 9.17) is 0 Å². The van der Waals surface area contributed by atoms with E-state index in [1.165, 1.54) is 17.4 Å². The molecule has 0 aliphatic carbocycles. The lowest BCUT2D eigenvalue weighted by Crippen LogP contribution is -2.33. The maximum Gasteiger partial charge on any atom is 0.276 e. The van der Waals surface area contributed by atoms with Crippen molar-refractivity contribution in [3.05, 3.63) is 106 Å². The highest BCUT2D eigenvalue weighted by Gasteiger charge is 2.28. The average molecular weight is 552 g/mol. The summed E-state index contributed by atoms with van der Waals surface area (Å²) in [5.74, 6) is -1.03. The minimum Gasteiger partial charge on any atom is -0.319 e. The van der Waals surface area contributed by atoms with Gasteiger partial charge < -0.3 is 10.2 Å². The van der Waals surface area contributed by atoms with Crippen LogP contribution in [0, 0.1) is 19.7 Å². The van der Waals surface area contributed by atoms with E-state index in [2.05, 4.69) is 15.4 Å². The van der Waals surface area contributed by atoms with Gasteiger partial charge in [-0.2, -0.15) is 5.10 Å². The van der Waals surface area contributed by atoms with Gasteiger partial charge in [-0.1, -0.05) is 36.4 Å². The number of carbonyl (C=O) groups excluding carboxylic acids is 2. The number of amides is 2. The molecule has 0 radical (unpaired) electrons. The van der Waals surface area contributed by atoms with Crippen LogP contribution in [0.1, 0.15) is 36.9 Å². The molecule has 7 nitrogen and oxygen atoms in total. The number of aromatic nitrogens is 3. The third-order valence-electron chi connectivity index (χ3n) is 7.01. The number of benzene rings is 2. The molecule has 1 aliphatic heterocycles. The van der Waals surface area contributed by atoms with Crippen molar-refractivity contribution >= 4 is 34.5 Å². The maximum atomic E-state index is 14.3. The number of anilines is 2. The molecule has 9 heteroatoms. The van der Waals surface area contributed by atoms with Gasteiger partial charge in [-0.3, -0.25) is 14.3 Å². The molecule has 1 N–H and O–H groups in total. The molecule has 40 heavy (non-hydrogen) atoms. The molecule has 0 saturated carbocycles. The number of aryl methyl sites for hydroxylation is 3. The van der Waals surface area contributed by atoms with Gasteiger partial charge in [0.2, 0.25) is 0 Å². The number of thiophene rings is 1. The monoisotopic (exact) mass is 551 g/mol. The molecule has 4 heterocycles.